The number of benzene rings is 1. The van der Waals surface area contributed by atoms with Gasteiger partial charge >= 0.3 is 0 Å². The number of hydrogen-bond acceptors (Lipinski definition) is 4. The quantitative estimate of drug-likeness (QED) is 0.825. The zero-order valence-electron chi connectivity index (χ0n) is 10.7. The van der Waals surface area contributed by atoms with Crippen molar-refractivity contribution in [1.82, 2.24) is 9.97 Å². The average Bonchev–Trinajstić information content (AvgIpc) is 2.46. The Morgan fingerprint density at radius 2 is 2.00 bits per heavy atom. The first kappa shape index (κ1) is 13.8. The highest BCUT2D eigenvalue weighted by Gasteiger charge is 2.26. The van der Waals surface area contributed by atoms with Crippen molar-refractivity contribution in [1.29, 1.82) is 0 Å². The van der Waals surface area contributed by atoms with Crippen molar-refractivity contribution in [2.24, 2.45) is 0 Å². The minimum atomic E-state index is -0.932. The SMILES string of the molecule is CCC(O)(CNc1ccnc(Cl)n1)c1ccccc1. The van der Waals surface area contributed by atoms with E-state index in [1.54, 1.807) is 12.3 Å². The third-order valence-corrected chi connectivity index (χ3v) is 3.27. The molecule has 0 aliphatic rings. The molecule has 1 aromatic heterocycles. The van der Waals surface area contributed by atoms with Crippen molar-refractivity contribution in [2.75, 3.05) is 11.9 Å². The third kappa shape index (κ3) is 3.43. The van der Waals surface area contributed by atoms with Gasteiger partial charge in [-0.25, -0.2) is 9.97 Å². The molecule has 1 atom stereocenters. The summed E-state index contributed by atoms with van der Waals surface area (Å²) in [5.74, 6) is 0.600. The summed E-state index contributed by atoms with van der Waals surface area (Å²) in [6.07, 6.45) is 2.17. The number of nitrogens with zero attached hydrogens (tertiary/aromatic N) is 2. The molecular weight excluding hydrogens is 262 g/mol. The van der Waals surface area contributed by atoms with E-state index in [0.29, 0.717) is 18.8 Å². The monoisotopic (exact) mass is 277 g/mol. The van der Waals surface area contributed by atoms with Gasteiger partial charge in [0.15, 0.2) is 0 Å². The molecule has 0 aliphatic heterocycles. The number of anilines is 1. The van der Waals surface area contributed by atoms with Crippen LogP contribution in [0.2, 0.25) is 5.28 Å². The maximum atomic E-state index is 10.7. The molecule has 2 aromatic rings. The van der Waals surface area contributed by atoms with Crippen LogP contribution in [0.5, 0.6) is 0 Å². The molecule has 4 nitrogen and oxygen atoms in total. The molecule has 0 amide bonds. The fourth-order valence-electron chi connectivity index (χ4n) is 1.85. The molecule has 2 N–H and O–H groups in total. The predicted molar refractivity (Wildman–Crippen MR) is 76.2 cm³/mol. The second-order valence-electron chi connectivity index (χ2n) is 4.32. The summed E-state index contributed by atoms with van der Waals surface area (Å²) < 4.78 is 0. The first-order chi connectivity index (χ1) is 9.14. The Balaban J connectivity index is 2.11. The van der Waals surface area contributed by atoms with Crippen LogP contribution in [0.15, 0.2) is 42.6 Å². The highest BCUT2D eigenvalue weighted by atomic mass is 35.5. The molecule has 19 heavy (non-hydrogen) atoms. The Morgan fingerprint density at radius 3 is 2.63 bits per heavy atom. The maximum Gasteiger partial charge on any atom is 0.224 e. The zero-order chi connectivity index (χ0) is 13.7. The van der Waals surface area contributed by atoms with Crippen LogP contribution >= 0.6 is 11.6 Å². The lowest BCUT2D eigenvalue weighted by molar-refractivity contribution is 0.0463. The molecule has 0 fully saturated rings. The Bertz CT molecular complexity index is 535. The highest BCUT2D eigenvalue weighted by Crippen LogP contribution is 2.25. The van der Waals surface area contributed by atoms with Gasteiger partial charge in [-0.3, -0.25) is 0 Å². The van der Waals surface area contributed by atoms with Gasteiger partial charge in [0.1, 0.15) is 11.4 Å². The van der Waals surface area contributed by atoms with Gasteiger partial charge in [-0.15, -0.1) is 0 Å². The van der Waals surface area contributed by atoms with Crippen LogP contribution in [-0.2, 0) is 5.60 Å². The molecule has 1 heterocycles. The number of aromatic nitrogens is 2. The molecular formula is C14H16ClN3O. The minimum absolute atomic E-state index is 0.185. The lowest BCUT2D eigenvalue weighted by Crippen LogP contribution is -2.33. The van der Waals surface area contributed by atoms with Crippen molar-refractivity contribution < 1.29 is 5.11 Å². The summed E-state index contributed by atoms with van der Waals surface area (Å²) in [5.41, 5.74) is -0.0521. The van der Waals surface area contributed by atoms with E-state index in [4.69, 9.17) is 11.6 Å². The van der Waals surface area contributed by atoms with Crippen molar-refractivity contribution in [2.45, 2.75) is 18.9 Å². The van der Waals surface area contributed by atoms with Gasteiger partial charge in [-0.2, -0.15) is 0 Å². The molecule has 0 saturated heterocycles. The van der Waals surface area contributed by atoms with Crippen molar-refractivity contribution in [3.8, 4) is 0 Å². The van der Waals surface area contributed by atoms with Gasteiger partial charge in [0.2, 0.25) is 5.28 Å². The Hall–Kier alpha value is -1.65. The molecule has 1 aromatic carbocycles. The fourth-order valence-corrected chi connectivity index (χ4v) is 2.00. The molecule has 0 aliphatic carbocycles. The predicted octanol–water partition coefficient (Wildman–Crippen LogP) is 2.84. The highest BCUT2D eigenvalue weighted by molar-refractivity contribution is 6.28. The molecule has 0 radical (unpaired) electrons. The minimum Gasteiger partial charge on any atom is -0.383 e. The van der Waals surface area contributed by atoms with Crippen LogP contribution in [0.3, 0.4) is 0 Å². The van der Waals surface area contributed by atoms with Gasteiger partial charge in [0.05, 0.1) is 0 Å². The van der Waals surface area contributed by atoms with E-state index < -0.39 is 5.60 Å². The van der Waals surface area contributed by atoms with Crippen molar-refractivity contribution in [3.63, 3.8) is 0 Å². The third-order valence-electron chi connectivity index (χ3n) is 3.08. The van der Waals surface area contributed by atoms with E-state index in [0.717, 1.165) is 5.56 Å². The van der Waals surface area contributed by atoms with Crippen molar-refractivity contribution >= 4 is 17.4 Å². The summed E-state index contributed by atoms with van der Waals surface area (Å²) in [5, 5.41) is 14.0. The average molecular weight is 278 g/mol. The van der Waals surface area contributed by atoms with Gasteiger partial charge in [-0.05, 0) is 29.7 Å². The normalized spacial score (nSPS) is 13.8. The largest absolute Gasteiger partial charge is 0.383 e. The van der Waals surface area contributed by atoms with E-state index in [-0.39, 0.29) is 5.28 Å². The number of halogens is 1. The first-order valence-electron chi connectivity index (χ1n) is 6.14. The van der Waals surface area contributed by atoms with E-state index in [1.165, 1.54) is 0 Å². The molecule has 0 bridgehead atoms. The van der Waals surface area contributed by atoms with Crippen LogP contribution in [0.1, 0.15) is 18.9 Å². The van der Waals surface area contributed by atoms with E-state index in [2.05, 4.69) is 15.3 Å². The molecule has 0 spiro atoms. The summed E-state index contributed by atoms with van der Waals surface area (Å²) in [7, 11) is 0. The molecule has 2 rings (SSSR count). The Kier molecular flexibility index (Phi) is 4.35. The van der Waals surface area contributed by atoms with E-state index in [1.807, 2.05) is 37.3 Å². The van der Waals surface area contributed by atoms with Crippen LogP contribution in [0.25, 0.3) is 0 Å². The van der Waals surface area contributed by atoms with Crippen molar-refractivity contribution in [3.05, 3.63) is 53.4 Å². The molecule has 5 heteroatoms. The van der Waals surface area contributed by atoms with E-state index in [9.17, 15) is 5.11 Å². The van der Waals surface area contributed by atoms with Gasteiger partial charge < -0.3 is 10.4 Å². The summed E-state index contributed by atoms with van der Waals surface area (Å²) in [6, 6.07) is 11.3. The molecule has 100 valence electrons. The zero-order valence-corrected chi connectivity index (χ0v) is 11.4. The topological polar surface area (TPSA) is 58.0 Å². The van der Waals surface area contributed by atoms with Gasteiger partial charge in [0, 0.05) is 12.7 Å². The molecule has 0 saturated carbocycles. The van der Waals surface area contributed by atoms with Crippen LogP contribution in [0.4, 0.5) is 5.82 Å². The van der Waals surface area contributed by atoms with Crippen LogP contribution in [0, 0.1) is 0 Å². The number of aliphatic hydroxyl groups is 1. The maximum absolute atomic E-state index is 10.7. The molecule has 1 unspecified atom stereocenters. The fraction of sp³-hybridized carbons (Fsp3) is 0.286. The summed E-state index contributed by atoms with van der Waals surface area (Å²) >= 11 is 5.72. The lowest BCUT2D eigenvalue weighted by Gasteiger charge is -2.27. The van der Waals surface area contributed by atoms with Crippen LogP contribution in [-0.4, -0.2) is 21.6 Å². The van der Waals surface area contributed by atoms with E-state index >= 15 is 0 Å². The standard InChI is InChI=1S/C14H16ClN3O/c1-2-14(19,11-6-4-3-5-7-11)10-17-12-8-9-16-13(15)18-12/h3-9,19H,2,10H2,1H3,(H,16,17,18). The number of nitrogens with one attached hydrogen (secondary N) is 1. The Labute approximate surface area is 117 Å². The second-order valence-corrected chi connectivity index (χ2v) is 4.65. The van der Waals surface area contributed by atoms with Gasteiger partial charge in [0.25, 0.3) is 0 Å². The summed E-state index contributed by atoms with van der Waals surface area (Å²) in [6.45, 7) is 2.31. The number of hydrogen-bond donors (Lipinski definition) is 2. The first-order valence-corrected chi connectivity index (χ1v) is 6.52. The lowest BCUT2D eigenvalue weighted by atomic mass is 9.91. The smallest absolute Gasteiger partial charge is 0.224 e. The van der Waals surface area contributed by atoms with Crippen LogP contribution < -0.4 is 5.32 Å². The Morgan fingerprint density at radius 1 is 1.26 bits per heavy atom. The second kappa shape index (κ2) is 5.99. The summed E-state index contributed by atoms with van der Waals surface area (Å²) in [4.78, 5) is 7.85. The van der Waals surface area contributed by atoms with Gasteiger partial charge in [-0.1, -0.05) is 37.3 Å². The number of rotatable bonds is 5.